The summed E-state index contributed by atoms with van der Waals surface area (Å²) in [6.07, 6.45) is 2.06. The monoisotopic (exact) mass is 393 g/mol. The topological polar surface area (TPSA) is 112 Å². The Bertz CT molecular complexity index is 1210. The summed E-state index contributed by atoms with van der Waals surface area (Å²) in [7, 11) is 3.47. The highest BCUT2D eigenvalue weighted by Gasteiger charge is 2.28. The van der Waals surface area contributed by atoms with Gasteiger partial charge in [-0.15, -0.1) is 10.2 Å². The summed E-state index contributed by atoms with van der Waals surface area (Å²) in [5.41, 5.74) is 8.52. The molecule has 1 fully saturated rings. The zero-order valence-corrected chi connectivity index (χ0v) is 16.7. The van der Waals surface area contributed by atoms with E-state index >= 15 is 0 Å². The van der Waals surface area contributed by atoms with Crippen LogP contribution in [0.1, 0.15) is 30.3 Å². The van der Waals surface area contributed by atoms with Gasteiger partial charge < -0.3 is 15.4 Å². The Morgan fingerprint density at radius 1 is 1.17 bits per heavy atom. The average Bonchev–Trinajstić information content (AvgIpc) is 3.32. The van der Waals surface area contributed by atoms with Crippen LogP contribution in [0.3, 0.4) is 0 Å². The van der Waals surface area contributed by atoms with Gasteiger partial charge in [-0.05, 0) is 31.9 Å². The molecule has 1 atom stereocenters. The van der Waals surface area contributed by atoms with Gasteiger partial charge in [-0.2, -0.15) is 14.4 Å². The molecule has 1 saturated heterocycles. The standard InChI is InChI=1S/C19H23N9O/c1-11-17(25-26(2)23-11)27-9-5-6-12(10-27)16-22-18-13-7-4-8-14(29-3)15(13)21-19(20)28(18)24-16/h4,7-8,12H,5-6,9-10H2,1-3H3,(H2,20,21)/t12-/m1/s1. The number of hydrogen-bond donors (Lipinski definition) is 1. The second kappa shape index (κ2) is 6.57. The van der Waals surface area contributed by atoms with Gasteiger partial charge in [0.25, 0.3) is 0 Å². The third kappa shape index (κ3) is 2.82. The molecule has 10 heteroatoms. The van der Waals surface area contributed by atoms with Crippen LogP contribution in [0.4, 0.5) is 11.8 Å². The maximum absolute atomic E-state index is 6.19. The molecule has 0 radical (unpaired) electrons. The summed E-state index contributed by atoms with van der Waals surface area (Å²) >= 11 is 0. The van der Waals surface area contributed by atoms with Crippen LogP contribution in [0, 0.1) is 6.92 Å². The first kappa shape index (κ1) is 17.7. The van der Waals surface area contributed by atoms with Gasteiger partial charge in [0.15, 0.2) is 17.3 Å². The molecule has 150 valence electrons. The third-order valence-corrected chi connectivity index (χ3v) is 5.47. The zero-order chi connectivity index (χ0) is 20.1. The molecule has 2 N–H and O–H groups in total. The lowest BCUT2D eigenvalue weighted by atomic mass is 9.97. The predicted molar refractivity (Wildman–Crippen MR) is 109 cm³/mol. The fourth-order valence-electron chi connectivity index (χ4n) is 4.15. The summed E-state index contributed by atoms with van der Waals surface area (Å²) in [5, 5.41) is 14.5. The van der Waals surface area contributed by atoms with Crippen LogP contribution in [-0.2, 0) is 7.05 Å². The number of hydrogen-bond acceptors (Lipinski definition) is 8. The Morgan fingerprint density at radius 3 is 2.79 bits per heavy atom. The largest absolute Gasteiger partial charge is 0.494 e. The van der Waals surface area contributed by atoms with Crippen molar-refractivity contribution >= 4 is 28.3 Å². The minimum Gasteiger partial charge on any atom is -0.494 e. The fraction of sp³-hybridized carbons (Fsp3) is 0.421. The Labute approximate surface area is 167 Å². The van der Waals surface area contributed by atoms with Gasteiger partial charge in [0.2, 0.25) is 5.95 Å². The van der Waals surface area contributed by atoms with Crippen molar-refractivity contribution in [3.63, 3.8) is 0 Å². The third-order valence-electron chi connectivity index (χ3n) is 5.47. The van der Waals surface area contributed by atoms with Gasteiger partial charge in [-0.1, -0.05) is 6.07 Å². The number of ether oxygens (including phenoxy) is 1. The number of methoxy groups -OCH3 is 1. The lowest BCUT2D eigenvalue weighted by Crippen LogP contribution is -2.35. The summed E-state index contributed by atoms with van der Waals surface area (Å²) in [5.74, 6) is 2.86. The molecule has 1 aliphatic rings. The van der Waals surface area contributed by atoms with Gasteiger partial charge in [0.05, 0.1) is 7.11 Å². The van der Waals surface area contributed by atoms with Gasteiger partial charge in [0, 0.05) is 31.4 Å². The number of para-hydroxylation sites is 1. The summed E-state index contributed by atoms with van der Waals surface area (Å²) in [6, 6.07) is 5.76. The summed E-state index contributed by atoms with van der Waals surface area (Å²) in [4.78, 5) is 13.2. The number of benzene rings is 1. The van der Waals surface area contributed by atoms with Crippen molar-refractivity contribution in [3.8, 4) is 5.75 Å². The van der Waals surface area contributed by atoms with Crippen LogP contribution < -0.4 is 15.4 Å². The maximum Gasteiger partial charge on any atom is 0.223 e. The Kier molecular flexibility index (Phi) is 4.00. The first-order valence-corrected chi connectivity index (χ1v) is 9.67. The number of aromatic nitrogens is 7. The lowest BCUT2D eigenvalue weighted by Gasteiger charge is -2.31. The van der Waals surface area contributed by atoms with Crippen LogP contribution in [0.2, 0.25) is 0 Å². The Morgan fingerprint density at radius 2 is 2.03 bits per heavy atom. The van der Waals surface area contributed by atoms with Crippen molar-refractivity contribution in [2.24, 2.45) is 7.05 Å². The van der Waals surface area contributed by atoms with E-state index in [9.17, 15) is 0 Å². The number of nitrogens with zero attached hydrogens (tertiary/aromatic N) is 8. The van der Waals surface area contributed by atoms with Crippen LogP contribution >= 0.6 is 0 Å². The minimum absolute atomic E-state index is 0.185. The highest BCUT2D eigenvalue weighted by atomic mass is 16.5. The highest BCUT2D eigenvalue weighted by Crippen LogP contribution is 2.31. The molecule has 4 aromatic rings. The molecule has 5 rings (SSSR count). The predicted octanol–water partition coefficient (Wildman–Crippen LogP) is 1.69. The lowest BCUT2D eigenvalue weighted by molar-refractivity contribution is 0.419. The number of anilines is 2. The zero-order valence-electron chi connectivity index (χ0n) is 16.7. The molecular weight excluding hydrogens is 370 g/mol. The second-order valence-electron chi connectivity index (χ2n) is 7.42. The van der Waals surface area contributed by atoms with Crippen LogP contribution in [0.25, 0.3) is 16.6 Å². The molecule has 0 saturated carbocycles. The molecule has 1 aliphatic heterocycles. The molecule has 4 heterocycles. The van der Waals surface area contributed by atoms with Crippen molar-refractivity contribution in [1.29, 1.82) is 0 Å². The fourth-order valence-corrected chi connectivity index (χ4v) is 4.15. The minimum atomic E-state index is 0.185. The normalized spacial score (nSPS) is 17.3. The van der Waals surface area contributed by atoms with E-state index in [0.717, 1.165) is 48.7 Å². The molecule has 0 spiro atoms. The van der Waals surface area contributed by atoms with Crippen molar-refractivity contribution < 1.29 is 4.74 Å². The summed E-state index contributed by atoms with van der Waals surface area (Å²) < 4.78 is 7.06. The van der Waals surface area contributed by atoms with Crippen molar-refractivity contribution in [2.75, 3.05) is 30.8 Å². The number of piperidine rings is 1. The molecule has 0 amide bonds. The smallest absolute Gasteiger partial charge is 0.223 e. The van der Waals surface area contributed by atoms with Crippen LogP contribution in [-0.4, -0.2) is 54.8 Å². The van der Waals surface area contributed by atoms with Crippen LogP contribution in [0.5, 0.6) is 5.75 Å². The maximum atomic E-state index is 6.19. The number of fused-ring (bicyclic) bond motifs is 3. The Balaban J connectivity index is 1.56. The van der Waals surface area contributed by atoms with E-state index in [-0.39, 0.29) is 5.92 Å². The number of aryl methyl sites for hydroxylation is 2. The van der Waals surface area contributed by atoms with Crippen molar-refractivity contribution in [2.45, 2.75) is 25.7 Å². The van der Waals surface area contributed by atoms with E-state index < -0.39 is 0 Å². The second-order valence-corrected chi connectivity index (χ2v) is 7.42. The summed E-state index contributed by atoms with van der Waals surface area (Å²) in [6.45, 7) is 3.74. The molecule has 10 nitrogen and oxygen atoms in total. The molecule has 3 aromatic heterocycles. The van der Waals surface area contributed by atoms with E-state index in [4.69, 9.17) is 20.6 Å². The molecule has 29 heavy (non-hydrogen) atoms. The van der Waals surface area contributed by atoms with Gasteiger partial charge in [-0.25, -0.2) is 9.97 Å². The number of nitrogen functional groups attached to an aromatic ring is 1. The van der Waals surface area contributed by atoms with Gasteiger partial charge >= 0.3 is 0 Å². The van der Waals surface area contributed by atoms with E-state index in [1.807, 2.05) is 32.2 Å². The highest BCUT2D eigenvalue weighted by molar-refractivity contribution is 5.95. The van der Waals surface area contributed by atoms with E-state index in [2.05, 4.69) is 20.1 Å². The van der Waals surface area contributed by atoms with Crippen molar-refractivity contribution in [3.05, 3.63) is 29.7 Å². The van der Waals surface area contributed by atoms with Crippen molar-refractivity contribution in [1.82, 2.24) is 34.6 Å². The SMILES string of the molecule is COc1cccc2c1nc(N)n1nc([C@@H]3CCCN(c4nn(C)nc4C)C3)nc21. The molecule has 0 unspecified atom stereocenters. The number of nitrogens with two attached hydrogens (primary N) is 1. The van der Waals surface area contributed by atoms with E-state index in [1.165, 1.54) is 0 Å². The molecule has 0 bridgehead atoms. The Hall–Kier alpha value is -3.43. The quantitative estimate of drug-likeness (QED) is 0.560. The van der Waals surface area contributed by atoms with Gasteiger partial charge in [-0.3, -0.25) is 0 Å². The van der Waals surface area contributed by atoms with Gasteiger partial charge in [0.1, 0.15) is 17.0 Å². The molecule has 0 aliphatic carbocycles. The molecular formula is C19H23N9O. The average molecular weight is 393 g/mol. The first-order valence-electron chi connectivity index (χ1n) is 9.67. The van der Waals surface area contributed by atoms with Crippen LogP contribution in [0.15, 0.2) is 18.2 Å². The number of rotatable bonds is 3. The first-order chi connectivity index (χ1) is 14.0. The molecule has 1 aromatic carbocycles. The van der Waals surface area contributed by atoms with E-state index in [0.29, 0.717) is 22.9 Å². The van der Waals surface area contributed by atoms with E-state index in [1.54, 1.807) is 16.4 Å².